The zero-order valence-corrected chi connectivity index (χ0v) is 56.3. The van der Waals surface area contributed by atoms with Crippen molar-refractivity contribution in [3.63, 3.8) is 0 Å². The molecule has 6 heteroatoms. The molecule has 0 aromatic rings. The molecule has 2 heterocycles. The predicted molar refractivity (Wildman–Crippen MR) is 356 cm³/mol. The largest absolute Gasteiger partial charge is 0.299 e. The van der Waals surface area contributed by atoms with Crippen molar-refractivity contribution in [1.82, 2.24) is 9.80 Å². The van der Waals surface area contributed by atoms with Crippen LogP contribution in [0.1, 0.15) is 334 Å². The standard InChI is InChI=1S/C82H130N2O4/c85-79(57-17-5-1-6-18-57)61-37-29-53(30-38-61)65-47-66(54-31-39-62(40-32-54)80(86)58-19-7-2-8-20-58)50-69(49-65)83-73-27-15-13-25-71(73)77-75(83)45-46-76-78(77)72-26-14-16-28-74(72)84(76)70-51-67(55-33-41-63(42-34-55)81(87)59-21-9-3-10-22-59)48-68(52-70)56-35-43-64(44-36-56)82(88)60-23-11-4-12-24-60/h53-78H,1-52H2. The van der Waals surface area contributed by atoms with Crippen molar-refractivity contribution in [2.75, 3.05) is 0 Å². The third kappa shape index (κ3) is 13.0. The van der Waals surface area contributed by atoms with Gasteiger partial charge in [-0.05, 0) is 302 Å². The van der Waals surface area contributed by atoms with Gasteiger partial charge in [0.05, 0.1) is 0 Å². The van der Waals surface area contributed by atoms with Crippen LogP contribution >= 0.6 is 0 Å². The fourth-order valence-electron chi connectivity index (χ4n) is 27.7. The number of hydrogen-bond acceptors (Lipinski definition) is 6. The van der Waals surface area contributed by atoms with E-state index in [9.17, 15) is 19.2 Å². The van der Waals surface area contributed by atoms with Crippen LogP contribution in [0.4, 0.5) is 0 Å². The van der Waals surface area contributed by atoms with Crippen molar-refractivity contribution in [3.8, 4) is 0 Å². The summed E-state index contributed by atoms with van der Waals surface area (Å²) in [5.74, 6) is 15.5. The van der Waals surface area contributed by atoms with Gasteiger partial charge in [-0.15, -0.1) is 0 Å². The number of rotatable bonds is 14. The third-order valence-electron chi connectivity index (χ3n) is 31.9. The van der Waals surface area contributed by atoms with Gasteiger partial charge in [0.15, 0.2) is 0 Å². The lowest BCUT2D eigenvalue weighted by atomic mass is 9.61. The summed E-state index contributed by atoms with van der Waals surface area (Å²) in [4.78, 5) is 63.3. The summed E-state index contributed by atoms with van der Waals surface area (Å²) in [6.07, 6.45) is 68.0. The molecule has 15 fully saturated rings. The van der Waals surface area contributed by atoms with Gasteiger partial charge in [0.25, 0.3) is 0 Å². The molecule has 0 aromatic carbocycles. The lowest BCUT2D eigenvalue weighted by molar-refractivity contribution is -0.130. The molecule has 15 rings (SSSR count). The molecule has 0 N–H and O–H groups in total. The second kappa shape index (κ2) is 28.5. The van der Waals surface area contributed by atoms with Crippen molar-refractivity contribution < 1.29 is 19.2 Å². The van der Waals surface area contributed by atoms with Crippen LogP contribution in [-0.4, -0.2) is 69.2 Å². The van der Waals surface area contributed by atoms with E-state index < -0.39 is 0 Å². The van der Waals surface area contributed by atoms with Gasteiger partial charge in [0.2, 0.25) is 0 Å². The molecule has 492 valence electrons. The SMILES string of the molecule is O=C(C1CCCCC1)C1CCC(C2CC(C3CCC(C(=O)C4CCCCC4)CC3)CC(N3C4CCCCC4C4C5C6CCCCC6N(C6CC(C7CCC(C(=O)C8CCCCC8)CC7)CC(C7CCC(C(=O)C8CCCCC8)CC7)C6)C5CCC43)C2)CC1. The lowest BCUT2D eigenvalue weighted by Gasteiger charge is -2.52. The van der Waals surface area contributed by atoms with Gasteiger partial charge in [-0.3, -0.25) is 29.0 Å². The molecule has 15 aliphatic rings. The smallest absolute Gasteiger partial charge is 0.139 e. The highest BCUT2D eigenvalue weighted by atomic mass is 16.1. The molecule has 0 aromatic heterocycles. The van der Waals surface area contributed by atoms with Gasteiger partial charge >= 0.3 is 0 Å². The Kier molecular flexibility index (Phi) is 20.3. The molecule has 0 bridgehead atoms. The summed E-state index contributed by atoms with van der Waals surface area (Å²) in [6.45, 7) is 0. The summed E-state index contributed by atoms with van der Waals surface area (Å²) in [5, 5.41) is 0. The number of hydrogen-bond donors (Lipinski definition) is 0. The molecule has 13 aliphatic carbocycles. The number of ketones is 4. The molecule has 0 spiro atoms. The molecule has 12 unspecified atom stereocenters. The highest BCUT2D eigenvalue weighted by Crippen LogP contribution is 2.63. The lowest BCUT2D eigenvalue weighted by Crippen LogP contribution is -2.55. The molecule has 0 radical (unpaired) electrons. The molecule has 88 heavy (non-hydrogen) atoms. The Balaban J connectivity index is 0.680. The van der Waals surface area contributed by atoms with E-state index in [1.165, 1.54) is 334 Å². The van der Waals surface area contributed by atoms with Crippen molar-refractivity contribution in [3.05, 3.63) is 0 Å². The van der Waals surface area contributed by atoms with Gasteiger partial charge in [-0.2, -0.15) is 0 Å². The Labute approximate surface area is 537 Å². The number of carbonyl (C=O) groups excluding carboxylic acids is 4. The second-order valence-corrected chi connectivity index (χ2v) is 36.0. The first-order valence-electron chi connectivity index (χ1n) is 41.0. The van der Waals surface area contributed by atoms with E-state index in [1.54, 1.807) is 0 Å². The quantitative estimate of drug-likeness (QED) is 0.173. The Morgan fingerprint density at radius 2 is 0.420 bits per heavy atom. The maximum absolute atomic E-state index is 14.1. The van der Waals surface area contributed by atoms with E-state index in [-0.39, 0.29) is 0 Å². The fraction of sp³-hybridized carbons (Fsp3) is 0.951. The molecular weight excluding hydrogens is 1080 g/mol. The highest BCUT2D eigenvalue weighted by Gasteiger charge is 2.64. The van der Waals surface area contributed by atoms with Gasteiger partial charge in [-0.1, -0.05) is 103 Å². The highest BCUT2D eigenvalue weighted by molar-refractivity contribution is 5.85. The number of carbonyl (C=O) groups is 4. The zero-order valence-electron chi connectivity index (χ0n) is 56.3. The molecule has 12 atom stereocenters. The molecule has 13 saturated carbocycles. The van der Waals surface area contributed by atoms with E-state index in [1.807, 2.05) is 0 Å². The number of nitrogens with zero attached hydrogens (tertiary/aromatic N) is 2. The van der Waals surface area contributed by atoms with Crippen LogP contribution in [0.5, 0.6) is 0 Å². The summed E-state index contributed by atoms with van der Waals surface area (Å²) in [7, 11) is 0. The summed E-state index contributed by atoms with van der Waals surface area (Å²) >= 11 is 0. The van der Waals surface area contributed by atoms with Crippen LogP contribution in [0.25, 0.3) is 0 Å². The molecule has 6 nitrogen and oxygen atoms in total. The Hall–Kier alpha value is -1.40. The van der Waals surface area contributed by atoms with E-state index in [0.717, 1.165) is 107 Å². The van der Waals surface area contributed by atoms with E-state index in [4.69, 9.17) is 0 Å². The second-order valence-electron chi connectivity index (χ2n) is 36.0. The first-order valence-corrected chi connectivity index (χ1v) is 41.0. The van der Waals surface area contributed by atoms with Crippen LogP contribution in [0.3, 0.4) is 0 Å². The van der Waals surface area contributed by atoms with Crippen LogP contribution < -0.4 is 0 Å². The van der Waals surface area contributed by atoms with Crippen LogP contribution in [0, 0.1) is 118 Å². The molecule has 0 amide bonds. The van der Waals surface area contributed by atoms with E-state index >= 15 is 0 Å². The molecule has 2 aliphatic heterocycles. The predicted octanol–water partition coefficient (Wildman–Crippen LogP) is 19.9. The summed E-state index contributed by atoms with van der Waals surface area (Å²) in [6, 6.07) is 4.59. The third-order valence-corrected chi connectivity index (χ3v) is 31.9. The van der Waals surface area contributed by atoms with Crippen molar-refractivity contribution in [2.45, 2.75) is 370 Å². The monoisotopic (exact) mass is 1210 g/mol. The maximum Gasteiger partial charge on any atom is 0.139 e. The first-order chi connectivity index (χ1) is 43.3. The van der Waals surface area contributed by atoms with Gasteiger partial charge < -0.3 is 0 Å². The Bertz CT molecular complexity index is 2030. The summed E-state index contributed by atoms with van der Waals surface area (Å²) in [5.41, 5.74) is 0. The van der Waals surface area contributed by atoms with E-state index in [2.05, 4.69) is 9.80 Å². The average molecular weight is 1210 g/mol. The topological polar surface area (TPSA) is 74.8 Å². The Morgan fingerprint density at radius 3 is 0.682 bits per heavy atom. The molecular formula is C82H130N2O4. The van der Waals surface area contributed by atoms with Crippen LogP contribution in [0.2, 0.25) is 0 Å². The first kappa shape index (κ1) is 62.7. The average Bonchev–Trinajstić information content (AvgIpc) is 1.60. The van der Waals surface area contributed by atoms with Gasteiger partial charge in [0, 0.05) is 83.6 Å². The number of Topliss-reactive ketones (excluding diaryl/α,β-unsaturated/α-hetero) is 4. The van der Waals surface area contributed by atoms with E-state index in [0.29, 0.717) is 70.5 Å². The normalized spacial score (nSPS) is 45.8. The minimum absolute atomic E-state index is 0.342. The Morgan fingerprint density at radius 1 is 0.193 bits per heavy atom. The van der Waals surface area contributed by atoms with Gasteiger partial charge in [-0.25, -0.2) is 0 Å². The fourth-order valence-corrected chi connectivity index (χ4v) is 27.7. The van der Waals surface area contributed by atoms with Crippen LogP contribution in [0.15, 0.2) is 0 Å². The minimum Gasteiger partial charge on any atom is -0.299 e. The zero-order chi connectivity index (χ0) is 59.2. The summed E-state index contributed by atoms with van der Waals surface area (Å²) < 4.78 is 0. The minimum atomic E-state index is 0.342. The van der Waals surface area contributed by atoms with Crippen molar-refractivity contribution >= 4 is 23.1 Å². The van der Waals surface area contributed by atoms with Crippen LogP contribution in [-0.2, 0) is 19.2 Å². The number of fused-ring (bicyclic) bond motifs is 7. The van der Waals surface area contributed by atoms with Gasteiger partial charge in [0.1, 0.15) is 23.1 Å². The number of likely N-dealkylation sites (tertiary alicyclic amines) is 2. The maximum atomic E-state index is 14.1. The molecule has 2 saturated heterocycles. The van der Waals surface area contributed by atoms with Crippen molar-refractivity contribution in [1.29, 1.82) is 0 Å². The van der Waals surface area contributed by atoms with Crippen molar-refractivity contribution in [2.24, 2.45) is 118 Å².